The van der Waals surface area contributed by atoms with Gasteiger partial charge in [-0.1, -0.05) is 6.92 Å². The van der Waals surface area contributed by atoms with Crippen molar-refractivity contribution >= 4 is 10.0 Å². The van der Waals surface area contributed by atoms with Gasteiger partial charge >= 0.3 is 0 Å². The Labute approximate surface area is 109 Å². The van der Waals surface area contributed by atoms with Crippen LogP contribution in [0.4, 0.5) is 0 Å². The molecule has 1 aromatic heterocycles. The molecule has 0 unspecified atom stereocenters. The van der Waals surface area contributed by atoms with E-state index in [1.807, 2.05) is 24.7 Å². The highest BCUT2D eigenvalue weighted by atomic mass is 32.2. The molecule has 104 valence electrons. The van der Waals surface area contributed by atoms with E-state index in [-0.39, 0.29) is 0 Å². The molecule has 6 nitrogen and oxygen atoms in total. The van der Waals surface area contributed by atoms with Crippen molar-refractivity contribution in [2.75, 3.05) is 25.9 Å². The van der Waals surface area contributed by atoms with Crippen LogP contribution in [-0.4, -0.2) is 48.4 Å². The summed E-state index contributed by atoms with van der Waals surface area (Å²) < 4.78 is 26.0. The Balaban J connectivity index is 2.21. The highest BCUT2D eigenvalue weighted by Crippen LogP contribution is 1.99. The van der Waals surface area contributed by atoms with Gasteiger partial charge in [-0.05, 0) is 19.0 Å². The normalized spacial score (nSPS) is 12.2. The molecule has 1 aromatic rings. The Bertz CT molecular complexity index is 455. The van der Waals surface area contributed by atoms with E-state index in [2.05, 4.69) is 10.4 Å². The molecule has 0 amide bonds. The maximum atomic E-state index is 11.4. The molecule has 0 aromatic carbocycles. The molecular formula is C11H22N4O2S. The second kappa shape index (κ2) is 6.86. The van der Waals surface area contributed by atoms with E-state index >= 15 is 0 Å². The lowest BCUT2D eigenvalue weighted by molar-refractivity contribution is 0.418. The third-order valence-electron chi connectivity index (χ3n) is 2.81. The molecule has 0 bridgehead atoms. The van der Waals surface area contributed by atoms with Gasteiger partial charge < -0.3 is 5.32 Å². The Morgan fingerprint density at radius 3 is 2.72 bits per heavy atom. The molecular weight excluding hydrogens is 252 g/mol. The lowest BCUT2D eigenvalue weighted by atomic mass is 10.4. The molecule has 0 aliphatic heterocycles. The minimum absolute atomic E-state index is 0.528. The molecule has 0 aliphatic rings. The number of hydrogen-bond donors (Lipinski definition) is 1. The summed E-state index contributed by atoms with van der Waals surface area (Å²) in [6.07, 6.45) is 3.82. The summed E-state index contributed by atoms with van der Waals surface area (Å²) in [5, 5.41) is 7.36. The topological polar surface area (TPSA) is 67.2 Å². The van der Waals surface area contributed by atoms with Crippen molar-refractivity contribution in [3.63, 3.8) is 0 Å². The van der Waals surface area contributed by atoms with E-state index in [1.165, 1.54) is 10.6 Å². The molecule has 18 heavy (non-hydrogen) atoms. The van der Waals surface area contributed by atoms with Crippen molar-refractivity contribution in [3.05, 3.63) is 18.0 Å². The SMILES string of the molecule is CCN(CCCNCc1ccnn1C)S(C)(=O)=O. The van der Waals surface area contributed by atoms with Crippen LogP contribution in [0.1, 0.15) is 19.0 Å². The zero-order chi connectivity index (χ0) is 13.6. The van der Waals surface area contributed by atoms with Crippen LogP contribution in [0.3, 0.4) is 0 Å². The molecule has 1 N–H and O–H groups in total. The standard InChI is InChI=1S/C11H22N4O2S/c1-4-15(18(3,16)17)9-5-7-12-10-11-6-8-13-14(11)2/h6,8,12H,4-5,7,9-10H2,1-3H3. The number of rotatable bonds is 8. The van der Waals surface area contributed by atoms with Crippen LogP contribution < -0.4 is 5.32 Å². The van der Waals surface area contributed by atoms with Crippen LogP contribution in [0.5, 0.6) is 0 Å². The zero-order valence-electron chi connectivity index (χ0n) is 11.3. The molecule has 0 radical (unpaired) electrons. The summed E-state index contributed by atoms with van der Waals surface area (Å²) in [4.78, 5) is 0. The Morgan fingerprint density at radius 2 is 2.22 bits per heavy atom. The van der Waals surface area contributed by atoms with Gasteiger partial charge in [0.25, 0.3) is 0 Å². The van der Waals surface area contributed by atoms with Crippen molar-refractivity contribution in [2.45, 2.75) is 19.9 Å². The molecule has 0 atom stereocenters. The molecule has 1 rings (SSSR count). The van der Waals surface area contributed by atoms with E-state index in [9.17, 15) is 8.42 Å². The predicted octanol–water partition coefficient (Wildman–Crippen LogP) is 0.181. The molecule has 0 saturated heterocycles. The van der Waals surface area contributed by atoms with Crippen molar-refractivity contribution in [2.24, 2.45) is 7.05 Å². The van der Waals surface area contributed by atoms with E-state index < -0.39 is 10.0 Å². The first-order valence-corrected chi connectivity index (χ1v) is 7.92. The van der Waals surface area contributed by atoms with Crippen molar-refractivity contribution in [1.82, 2.24) is 19.4 Å². The summed E-state index contributed by atoms with van der Waals surface area (Å²) in [6, 6.07) is 1.96. The fraction of sp³-hybridized carbons (Fsp3) is 0.727. The van der Waals surface area contributed by atoms with Crippen molar-refractivity contribution in [3.8, 4) is 0 Å². The van der Waals surface area contributed by atoms with Gasteiger partial charge in [-0.25, -0.2) is 12.7 Å². The molecule has 0 saturated carbocycles. The average Bonchev–Trinajstić information content (AvgIpc) is 2.67. The predicted molar refractivity (Wildman–Crippen MR) is 71.6 cm³/mol. The minimum Gasteiger partial charge on any atom is -0.311 e. The Kier molecular flexibility index (Phi) is 5.77. The summed E-state index contributed by atoms with van der Waals surface area (Å²) in [7, 11) is -1.16. The van der Waals surface area contributed by atoms with Gasteiger partial charge in [-0.3, -0.25) is 4.68 Å². The van der Waals surface area contributed by atoms with Crippen LogP contribution in [-0.2, 0) is 23.6 Å². The van der Waals surface area contributed by atoms with E-state index in [0.717, 1.165) is 25.2 Å². The number of hydrogen-bond acceptors (Lipinski definition) is 4. The number of sulfonamides is 1. The lowest BCUT2D eigenvalue weighted by Crippen LogP contribution is -2.32. The van der Waals surface area contributed by atoms with Gasteiger partial charge in [0.2, 0.25) is 10.0 Å². The number of nitrogens with one attached hydrogen (secondary N) is 1. The van der Waals surface area contributed by atoms with Crippen LogP contribution >= 0.6 is 0 Å². The van der Waals surface area contributed by atoms with Crippen LogP contribution in [0.15, 0.2) is 12.3 Å². The average molecular weight is 274 g/mol. The zero-order valence-corrected chi connectivity index (χ0v) is 12.1. The van der Waals surface area contributed by atoms with Crippen molar-refractivity contribution in [1.29, 1.82) is 0 Å². The van der Waals surface area contributed by atoms with Gasteiger partial charge in [-0.2, -0.15) is 5.10 Å². The van der Waals surface area contributed by atoms with E-state index in [1.54, 1.807) is 6.20 Å². The third-order valence-corrected chi connectivity index (χ3v) is 4.19. The first-order valence-electron chi connectivity index (χ1n) is 6.08. The highest BCUT2D eigenvalue weighted by molar-refractivity contribution is 7.88. The lowest BCUT2D eigenvalue weighted by Gasteiger charge is -2.17. The smallest absolute Gasteiger partial charge is 0.211 e. The second-order valence-corrected chi connectivity index (χ2v) is 6.21. The maximum Gasteiger partial charge on any atom is 0.211 e. The van der Waals surface area contributed by atoms with Crippen molar-refractivity contribution < 1.29 is 8.42 Å². The summed E-state index contributed by atoms with van der Waals surface area (Å²) in [5.41, 5.74) is 1.12. The summed E-state index contributed by atoms with van der Waals surface area (Å²) in [6.45, 7) is 4.48. The highest BCUT2D eigenvalue weighted by Gasteiger charge is 2.12. The largest absolute Gasteiger partial charge is 0.311 e. The minimum atomic E-state index is -3.06. The summed E-state index contributed by atoms with van der Waals surface area (Å²) >= 11 is 0. The second-order valence-electron chi connectivity index (χ2n) is 4.23. The quantitative estimate of drug-likeness (QED) is 0.687. The van der Waals surface area contributed by atoms with Crippen LogP contribution in [0.25, 0.3) is 0 Å². The van der Waals surface area contributed by atoms with Gasteiger partial charge in [0, 0.05) is 32.9 Å². The molecule has 0 spiro atoms. The number of aryl methyl sites for hydroxylation is 1. The third kappa shape index (κ3) is 4.75. The Morgan fingerprint density at radius 1 is 1.50 bits per heavy atom. The monoisotopic (exact) mass is 274 g/mol. The molecule has 7 heteroatoms. The van der Waals surface area contributed by atoms with E-state index in [4.69, 9.17) is 0 Å². The molecule has 0 aliphatic carbocycles. The first-order chi connectivity index (χ1) is 8.45. The number of nitrogens with zero attached hydrogens (tertiary/aromatic N) is 3. The van der Waals surface area contributed by atoms with Gasteiger partial charge in [0.05, 0.1) is 11.9 Å². The summed E-state index contributed by atoms with van der Waals surface area (Å²) in [5.74, 6) is 0. The van der Waals surface area contributed by atoms with Gasteiger partial charge in [0.15, 0.2) is 0 Å². The van der Waals surface area contributed by atoms with Gasteiger partial charge in [0.1, 0.15) is 0 Å². The van der Waals surface area contributed by atoms with Crippen LogP contribution in [0, 0.1) is 0 Å². The van der Waals surface area contributed by atoms with Gasteiger partial charge in [-0.15, -0.1) is 0 Å². The van der Waals surface area contributed by atoms with Crippen LogP contribution in [0.2, 0.25) is 0 Å². The fourth-order valence-electron chi connectivity index (χ4n) is 1.73. The Hall–Kier alpha value is -0.920. The first kappa shape index (κ1) is 15.1. The van der Waals surface area contributed by atoms with E-state index in [0.29, 0.717) is 13.1 Å². The fourth-order valence-corrected chi connectivity index (χ4v) is 2.66. The number of aromatic nitrogens is 2. The maximum absolute atomic E-state index is 11.4. The molecule has 1 heterocycles. The molecule has 0 fully saturated rings.